The largest absolute Gasteiger partial charge is 0.255 e. The van der Waals surface area contributed by atoms with E-state index in [4.69, 9.17) is 9.98 Å². The standard InChI is InChI=1S/C23H25N3/c1-16(2)19-10-8-11-20(17(3)4)23(19)25-15-18-9-7-13-22(26-18)21-12-5-6-14-24-21/h5-17H,1-4H3. The highest BCUT2D eigenvalue weighted by molar-refractivity contribution is 5.81. The fraction of sp³-hybridized carbons (Fsp3) is 0.261. The Morgan fingerprint density at radius 3 is 2.04 bits per heavy atom. The van der Waals surface area contributed by atoms with Crippen molar-refractivity contribution in [1.82, 2.24) is 9.97 Å². The van der Waals surface area contributed by atoms with E-state index >= 15 is 0 Å². The van der Waals surface area contributed by atoms with Gasteiger partial charge >= 0.3 is 0 Å². The lowest BCUT2D eigenvalue weighted by atomic mass is 9.93. The van der Waals surface area contributed by atoms with Gasteiger partial charge in [-0.2, -0.15) is 0 Å². The van der Waals surface area contributed by atoms with Gasteiger partial charge in [0.25, 0.3) is 0 Å². The van der Waals surface area contributed by atoms with Crippen LogP contribution in [-0.2, 0) is 0 Å². The highest BCUT2D eigenvalue weighted by Crippen LogP contribution is 2.34. The zero-order valence-corrected chi connectivity index (χ0v) is 15.8. The second-order valence-electron chi connectivity index (χ2n) is 7.02. The molecular formula is C23H25N3. The monoisotopic (exact) mass is 343 g/mol. The molecule has 1 aromatic carbocycles. The molecule has 0 atom stereocenters. The second-order valence-corrected chi connectivity index (χ2v) is 7.02. The van der Waals surface area contributed by atoms with Crippen molar-refractivity contribution in [1.29, 1.82) is 0 Å². The molecule has 3 rings (SSSR count). The molecule has 0 fully saturated rings. The average Bonchev–Trinajstić information content (AvgIpc) is 2.66. The van der Waals surface area contributed by atoms with E-state index in [9.17, 15) is 0 Å². The third-order valence-electron chi connectivity index (χ3n) is 4.37. The van der Waals surface area contributed by atoms with E-state index < -0.39 is 0 Å². The van der Waals surface area contributed by atoms with Crippen molar-refractivity contribution in [2.45, 2.75) is 39.5 Å². The van der Waals surface area contributed by atoms with E-state index in [0.717, 1.165) is 22.8 Å². The molecule has 0 bridgehead atoms. The molecule has 3 heteroatoms. The number of nitrogens with zero attached hydrogens (tertiary/aromatic N) is 3. The molecule has 0 aliphatic carbocycles. The van der Waals surface area contributed by atoms with Gasteiger partial charge in [-0.15, -0.1) is 0 Å². The van der Waals surface area contributed by atoms with E-state index in [1.807, 2.05) is 42.6 Å². The summed E-state index contributed by atoms with van der Waals surface area (Å²) in [6.45, 7) is 8.83. The minimum absolute atomic E-state index is 0.425. The van der Waals surface area contributed by atoms with Crippen LogP contribution in [0.5, 0.6) is 0 Å². The van der Waals surface area contributed by atoms with Gasteiger partial charge in [-0.25, -0.2) is 4.98 Å². The Morgan fingerprint density at radius 2 is 1.42 bits per heavy atom. The van der Waals surface area contributed by atoms with Crippen molar-refractivity contribution < 1.29 is 0 Å². The minimum Gasteiger partial charge on any atom is -0.255 e. The summed E-state index contributed by atoms with van der Waals surface area (Å²) in [5, 5.41) is 0. The molecule has 26 heavy (non-hydrogen) atoms. The molecule has 0 amide bonds. The third-order valence-corrected chi connectivity index (χ3v) is 4.37. The van der Waals surface area contributed by atoms with Gasteiger partial charge < -0.3 is 0 Å². The molecule has 3 nitrogen and oxygen atoms in total. The predicted octanol–water partition coefficient (Wildman–Crippen LogP) is 6.14. The van der Waals surface area contributed by atoms with Crippen molar-refractivity contribution in [2.75, 3.05) is 0 Å². The van der Waals surface area contributed by atoms with Crippen LogP contribution in [-0.4, -0.2) is 16.2 Å². The molecule has 0 saturated carbocycles. The first kappa shape index (κ1) is 18.0. The lowest BCUT2D eigenvalue weighted by molar-refractivity contribution is 0.835. The average molecular weight is 343 g/mol. The normalized spacial score (nSPS) is 11.6. The summed E-state index contributed by atoms with van der Waals surface area (Å²) < 4.78 is 0. The van der Waals surface area contributed by atoms with Crippen LogP contribution < -0.4 is 0 Å². The maximum absolute atomic E-state index is 4.85. The van der Waals surface area contributed by atoms with Crippen LogP contribution in [0.1, 0.15) is 56.4 Å². The number of rotatable bonds is 5. The van der Waals surface area contributed by atoms with Gasteiger partial charge in [0, 0.05) is 6.20 Å². The number of hydrogen-bond donors (Lipinski definition) is 0. The van der Waals surface area contributed by atoms with Crippen molar-refractivity contribution in [3.05, 3.63) is 77.6 Å². The Balaban J connectivity index is 1.98. The van der Waals surface area contributed by atoms with Crippen molar-refractivity contribution in [3.8, 4) is 11.4 Å². The van der Waals surface area contributed by atoms with Crippen LogP contribution in [0.3, 0.4) is 0 Å². The van der Waals surface area contributed by atoms with Crippen LogP contribution in [0.25, 0.3) is 11.4 Å². The van der Waals surface area contributed by atoms with E-state index in [2.05, 4.69) is 50.9 Å². The van der Waals surface area contributed by atoms with Crippen LogP contribution in [0.2, 0.25) is 0 Å². The topological polar surface area (TPSA) is 38.1 Å². The Hall–Kier alpha value is -2.81. The van der Waals surface area contributed by atoms with E-state index in [1.165, 1.54) is 11.1 Å². The molecule has 3 aromatic rings. The number of hydrogen-bond acceptors (Lipinski definition) is 3. The Morgan fingerprint density at radius 1 is 0.769 bits per heavy atom. The first-order valence-electron chi connectivity index (χ1n) is 9.11. The van der Waals surface area contributed by atoms with Crippen LogP contribution in [0.4, 0.5) is 5.69 Å². The van der Waals surface area contributed by atoms with Crippen molar-refractivity contribution in [3.63, 3.8) is 0 Å². The molecule has 132 valence electrons. The summed E-state index contributed by atoms with van der Waals surface area (Å²) in [6, 6.07) is 18.3. The predicted molar refractivity (Wildman–Crippen MR) is 109 cm³/mol. The lowest BCUT2D eigenvalue weighted by Crippen LogP contribution is -1.96. The maximum atomic E-state index is 4.85. The number of pyridine rings is 2. The SMILES string of the molecule is CC(C)c1cccc(C(C)C)c1N=Cc1cccc(-c2ccccn2)n1. The van der Waals surface area contributed by atoms with Crippen LogP contribution in [0, 0.1) is 0 Å². The van der Waals surface area contributed by atoms with Crippen molar-refractivity contribution in [2.24, 2.45) is 4.99 Å². The Kier molecular flexibility index (Phi) is 5.57. The highest BCUT2D eigenvalue weighted by atomic mass is 14.8. The van der Waals surface area contributed by atoms with Gasteiger partial charge in [0.2, 0.25) is 0 Å². The molecule has 0 unspecified atom stereocenters. The Labute approximate surface area is 155 Å². The van der Waals surface area contributed by atoms with E-state index in [-0.39, 0.29) is 0 Å². The number of aliphatic imine (C=N–C) groups is 1. The fourth-order valence-electron chi connectivity index (χ4n) is 2.97. The summed E-state index contributed by atoms with van der Waals surface area (Å²) in [6.07, 6.45) is 3.64. The summed E-state index contributed by atoms with van der Waals surface area (Å²) in [7, 11) is 0. The summed E-state index contributed by atoms with van der Waals surface area (Å²) >= 11 is 0. The minimum atomic E-state index is 0.425. The van der Waals surface area contributed by atoms with Crippen LogP contribution >= 0.6 is 0 Å². The second kappa shape index (κ2) is 8.05. The molecule has 0 saturated heterocycles. The maximum Gasteiger partial charge on any atom is 0.0894 e. The quantitative estimate of drug-likeness (QED) is 0.522. The third kappa shape index (κ3) is 4.05. The molecule has 0 radical (unpaired) electrons. The Bertz CT molecular complexity index is 870. The molecule has 0 spiro atoms. The highest BCUT2D eigenvalue weighted by Gasteiger charge is 2.12. The molecule has 2 aromatic heterocycles. The smallest absolute Gasteiger partial charge is 0.0894 e. The van der Waals surface area contributed by atoms with Gasteiger partial charge in [-0.05, 0) is 47.2 Å². The van der Waals surface area contributed by atoms with E-state index in [1.54, 1.807) is 6.20 Å². The van der Waals surface area contributed by atoms with E-state index in [0.29, 0.717) is 11.8 Å². The molecule has 0 aliphatic heterocycles. The van der Waals surface area contributed by atoms with Gasteiger partial charge in [0.05, 0.1) is 29.0 Å². The summed E-state index contributed by atoms with van der Waals surface area (Å²) in [5.41, 5.74) is 6.18. The summed E-state index contributed by atoms with van der Waals surface area (Å²) in [4.78, 5) is 13.9. The van der Waals surface area contributed by atoms with Crippen molar-refractivity contribution >= 4 is 11.9 Å². The van der Waals surface area contributed by atoms with Gasteiger partial charge in [-0.3, -0.25) is 9.98 Å². The molecule has 2 heterocycles. The number of para-hydroxylation sites is 1. The summed E-state index contributed by atoms with van der Waals surface area (Å²) in [5.74, 6) is 0.849. The molecule has 0 N–H and O–H groups in total. The zero-order chi connectivity index (χ0) is 18.5. The van der Waals surface area contributed by atoms with Gasteiger partial charge in [0.15, 0.2) is 0 Å². The van der Waals surface area contributed by atoms with Gasteiger partial charge in [0.1, 0.15) is 0 Å². The number of benzene rings is 1. The fourth-order valence-corrected chi connectivity index (χ4v) is 2.97. The van der Waals surface area contributed by atoms with Gasteiger partial charge in [-0.1, -0.05) is 58.0 Å². The molecule has 0 aliphatic rings. The lowest BCUT2D eigenvalue weighted by Gasteiger charge is -2.16. The first-order valence-corrected chi connectivity index (χ1v) is 9.11. The molecular weight excluding hydrogens is 318 g/mol. The first-order chi connectivity index (χ1) is 12.6. The number of aromatic nitrogens is 2. The zero-order valence-electron chi connectivity index (χ0n) is 15.8. The van der Waals surface area contributed by atoms with Crippen LogP contribution in [0.15, 0.2) is 65.8 Å².